The molecule has 1 saturated heterocycles. The van der Waals surface area contributed by atoms with Gasteiger partial charge < -0.3 is 10.1 Å². The second kappa shape index (κ2) is 6.48. The summed E-state index contributed by atoms with van der Waals surface area (Å²) in [5.41, 5.74) is -0.282. The number of hydrogen-bond acceptors (Lipinski definition) is 4. The molecule has 0 radical (unpaired) electrons. The molecule has 0 aromatic heterocycles. The van der Waals surface area contributed by atoms with Crippen LogP contribution in [0.4, 0.5) is 8.78 Å². The van der Waals surface area contributed by atoms with E-state index in [0.29, 0.717) is 6.61 Å². The second-order valence-corrected chi connectivity index (χ2v) is 6.53. The Morgan fingerprint density at radius 1 is 1.38 bits per heavy atom. The van der Waals surface area contributed by atoms with Crippen LogP contribution in [0.1, 0.15) is 23.2 Å². The van der Waals surface area contributed by atoms with E-state index in [1.807, 2.05) is 0 Å². The van der Waals surface area contributed by atoms with Crippen molar-refractivity contribution in [2.75, 3.05) is 13.2 Å². The van der Waals surface area contributed by atoms with Crippen molar-refractivity contribution in [3.05, 3.63) is 29.8 Å². The molecule has 5 nitrogen and oxygen atoms in total. The molecule has 0 aliphatic carbocycles. The Bertz CT molecular complexity index is 612. The van der Waals surface area contributed by atoms with Crippen LogP contribution in [0.25, 0.3) is 0 Å². The summed E-state index contributed by atoms with van der Waals surface area (Å²) in [4.78, 5) is 11.4. The lowest BCUT2D eigenvalue weighted by Gasteiger charge is -2.13. The largest absolute Gasteiger partial charge is 0.376 e. The molecule has 1 unspecified atom stereocenters. The molecular weight excluding hydrogens is 304 g/mol. The molecule has 1 aromatic rings. The number of nitrogens with one attached hydrogen (secondary N) is 1. The van der Waals surface area contributed by atoms with Crippen LogP contribution in [-0.2, 0) is 14.6 Å². The van der Waals surface area contributed by atoms with Gasteiger partial charge in [0.2, 0.25) is 9.84 Å². The average molecular weight is 319 g/mol. The summed E-state index contributed by atoms with van der Waals surface area (Å²) < 4.78 is 53.7. The van der Waals surface area contributed by atoms with Gasteiger partial charge in [0.15, 0.2) is 0 Å². The number of rotatable bonds is 5. The van der Waals surface area contributed by atoms with E-state index in [-0.39, 0.29) is 18.2 Å². The zero-order valence-corrected chi connectivity index (χ0v) is 11.9. The summed E-state index contributed by atoms with van der Waals surface area (Å²) in [7, 11) is -4.82. The maximum absolute atomic E-state index is 12.6. The van der Waals surface area contributed by atoms with Crippen LogP contribution in [0.5, 0.6) is 0 Å². The standard InChI is InChI=1S/C13H15F2NO4S/c14-13(15)21(18,19)11-6-2-1-5-10(11)12(17)16-8-9-4-3-7-20-9/h1-2,5-6,9,13H,3-4,7-8H2,(H,16,17). The maximum atomic E-state index is 12.6. The fourth-order valence-corrected chi connectivity index (χ4v) is 3.03. The SMILES string of the molecule is O=C(NCC1CCCO1)c1ccccc1S(=O)(=O)C(F)F. The van der Waals surface area contributed by atoms with Crippen molar-refractivity contribution in [1.82, 2.24) is 5.32 Å². The summed E-state index contributed by atoms with van der Waals surface area (Å²) in [6.07, 6.45) is 1.58. The van der Waals surface area contributed by atoms with Crippen LogP contribution in [0.15, 0.2) is 29.2 Å². The quantitative estimate of drug-likeness (QED) is 0.894. The third-order valence-electron chi connectivity index (χ3n) is 3.19. The van der Waals surface area contributed by atoms with Crippen LogP contribution >= 0.6 is 0 Å². The highest BCUT2D eigenvalue weighted by Crippen LogP contribution is 2.22. The Kier molecular flexibility index (Phi) is 4.89. The van der Waals surface area contributed by atoms with Crippen LogP contribution in [0.3, 0.4) is 0 Å². The fourth-order valence-electron chi connectivity index (χ4n) is 2.11. The third kappa shape index (κ3) is 3.56. The number of benzene rings is 1. The van der Waals surface area contributed by atoms with E-state index in [4.69, 9.17) is 4.74 Å². The summed E-state index contributed by atoms with van der Waals surface area (Å²) in [6.45, 7) is 0.846. The number of amides is 1. The first kappa shape index (κ1) is 15.8. The van der Waals surface area contributed by atoms with Gasteiger partial charge in [-0.2, -0.15) is 8.78 Å². The van der Waals surface area contributed by atoms with Crippen molar-refractivity contribution in [2.24, 2.45) is 0 Å². The van der Waals surface area contributed by atoms with Crippen molar-refractivity contribution >= 4 is 15.7 Å². The zero-order valence-electron chi connectivity index (χ0n) is 11.1. The minimum Gasteiger partial charge on any atom is -0.376 e. The molecule has 116 valence electrons. The number of hydrogen-bond donors (Lipinski definition) is 1. The molecular formula is C13H15F2NO4S. The smallest absolute Gasteiger partial charge is 0.341 e. The molecule has 0 saturated carbocycles. The fraction of sp³-hybridized carbons (Fsp3) is 0.462. The highest BCUT2D eigenvalue weighted by atomic mass is 32.2. The van der Waals surface area contributed by atoms with Gasteiger partial charge in [-0.3, -0.25) is 4.79 Å². The number of halogens is 2. The minimum absolute atomic E-state index is 0.118. The monoisotopic (exact) mass is 319 g/mol. The molecule has 1 aromatic carbocycles. The summed E-state index contributed by atoms with van der Waals surface area (Å²) >= 11 is 0. The average Bonchev–Trinajstić information content (AvgIpc) is 2.98. The van der Waals surface area contributed by atoms with Gasteiger partial charge in [0.05, 0.1) is 16.6 Å². The Hall–Kier alpha value is -1.54. The van der Waals surface area contributed by atoms with Crippen molar-refractivity contribution in [3.8, 4) is 0 Å². The number of alkyl halides is 2. The third-order valence-corrected chi connectivity index (χ3v) is 4.63. The van der Waals surface area contributed by atoms with Gasteiger partial charge in [-0.15, -0.1) is 0 Å². The molecule has 0 spiro atoms. The summed E-state index contributed by atoms with van der Waals surface area (Å²) in [5.74, 6) is -4.27. The van der Waals surface area contributed by atoms with Gasteiger partial charge in [0, 0.05) is 13.2 Å². The number of sulfone groups is 1. The van der Waals surface area contributed by atoms with Gasteiger partial charge in [0.25, 0.3) is 5.91 Å². The van der Waals surface area contributed by atoms with E-state index in [1.165, 1.54) is 18.2 Å². The lowest BCUT2D eigenvalue weighted by atomic mass is 10.2. The van der Waals surface area contributed by atoms with Crippen molar-refractivity contribution < 1.29 is 26.7 Å². The van der Waals surface area contributed by atoms with E-state index >= 15 is 0 Å². The predicted octanol–water partition coefficient (Wildman–Crippen LogP) is 1.59. The lowest BCUT2D eigenvalue weighted by molar-refractivity contribution is 0.0855. The number of carbonyl (C=O) groups is 1. The zero-order chi connectivity index (χ0) is 15.5. The van der Waals surface area contributed by atoms with Crippen LogP contribution < -0.4 is 5.32 Å². The molecule has 2 rings (SSSR count). The normalized spacial score (nSPS) is 18.9. The second-order valence-electron chi connectivity index (χ2n) is 4.65. The Balaban J connectivity index is 2.17. The van der Waals surface area contributed by atoms with E-state index in [2.05, 4.69) is 5.32 Å². The topological polar surface area (TPSA) is 72.5 Å². The lowest BCUT2D eigenvalue weighted by Crippen LogP contribution is -2.32. The summed E-state index contributed by atoms with van der Waals surface area (Å²) in [6, 6.07) is 4.93. The first-order chi connectivity index (χ1) is 9.93. The van der Waals surface area contributed by atoms with Crippen LogP contribution in [0.2, 0.25) is 0 Å². The molecule has 21 heavy (non-hydrogen) atoms. The molecule has 1 heterocycles. The number of carbonyl (C=O) groups excluding carboxylic acids is 1. The molecule has 1 fully saturated rings. The van der Waals surface area contributed by atoms with Gasteiger partial charge in [-0.25, -0.2) is 8.42 Å². The summed E-state index contributed by atoms with van der Waals surface area (Å²) in [5, 5.41) is 2.52. The Morgan fingerprint density at radius 3 is 2.71 bits per heavy atom. The Labute approximate surface area is 121 Å². The number of ether oxygens (including phenoxy) is 1. The van der Waals surface area contributed by atoms with Gasteiger partial charge >= 0.3 is 5.76 Å². The van der Waals surface area contributed by atoms with Crippen molar-refractivity contribution in [1.29, 1.82) is 0 Å². The predicted molar refractivity (Wildman–Crippen MR) is 70.9 cm³/mol. The van der Waals surface area contributed by atoms with E-state index in [1.54, 1.807) is 0 Å². The Morgan fingerprint density at radius 2 is 2.10 bits per heavy atom. The van der Waals surface area contributed by atoms with Crippen LogP contribution in [-0.4, -0.2) is 39.3 Å². The van der Waals surface area contributed by atoms with Crippen molar-refractivity contribution in [3.63, 3.8) is 0 Å². The molecule has 1 atom stereocenters. The van der Waals surface area contributed by atoms with Crippen LogP contribution in [0, 0.1) is 0 Å². The highest BCUT2D eigenvalue weighted by molar-refractivity contribution is 7.91. The first-order valence-electron chi connectivity index (χ1n) is 6.44. The van der Waals surface area contributed by atoms with E-state index in [9.17, 15) is 22.0 Å². The molecule has 1 amide bonds. The molecule has 8 heteroatoms. The van der Waals surface area contributed by atoms with Gasteiger partial charge in [0.1, 0.15) is 0 Å². The van der Waals surface area contributed by atoms with E-state index in [0.717, 1.165) is 18.9 Å². The molecule has 1 aliphatic rings. The molecule has 1 N–H and O–H groups in total. The van der Waals surface area contributed by atoms with Gasteiger partial charge in [-0.05, 0) is 25.0 Å². The van der Waals surface area contributed by atoms with Gasteiger partial charge in [-0.1, -0.05) is 12.1 Å². The molecule has 1 aliphatic heterocycles. The highest BCUT2D eigenvalue weighted by Gasteiger charge is 2.31. The van der Waals surface area contributed by atoms with Crippen molar-refractivity contribution in [2.45, 2.75) is 29.6 Å². The maximum Gasteiger partial charge on any atom is 0.341 e. The van der Waals surface area contributed by atoms with E-state index < -0.39 is 26.4 Å². The molecule has 0 bridgehead atoms. The first-order valence-corrected chi connectivity index (χ1v) is 7.98. The minimum atomic E-state index is -4.82.